The zero-order chi connectivity index (χ0) is 20.7. The van der Waals surface area contributed by atoms with Crippen molar-refractivity contribution in [3.8, 4) is 11.5 Å². The Labute approximate surface area is 166 Å². The Kier molecular flexibility index (Phi) is 7.69. The highest BCUT2D eigenvalue weighted by molar-refractivity contribution is 7.62. The molecule has 0 aliphatic rings. The van der Waals surface area contributed by atoms with E-state index in [0.717, 1.165) is 5.46 Å². The van der Waals surface area contributed by atoms with Crippen molar-refractivity contribution < 1.29 is 27.9 Å². The van der Waals surface area contributed by atoms with Crippen LogP contribution >= 0.6 is 7.60 Å². The standard InChI is InChI=1S/C19H25BNO6P/c1-5-26-28(23,27-6-2)18-12-14(20)8-9-15(18)21-19(22)13-7-10-16(24-3)17(11-13)25-4/h7-12H,5-6,20H2,1-4H3,(H,21,22). The monoisotopic (exact) mass is 405 g/mol. The van der Waals surface area contributed by atoms with Gasteiger partial charge in [-0.3, -0.25) is 9.36 Å². The number of hydrogen-bond donors (Lipinski definition) is 1. The molecule has 0 radical (unpaired) electrons. The minimum atomic E-state index is -3.57. The largest absolute Gasteiger partial charge is 0.493 e. The third kappa shape index (κ3) is 4.96. The fraction of sp³-hybridized carbons (Fsp3) is 0.316. The van der Waals surface area contributed by atoms with E-state index >= 15 is 0 Å². The van der Waals surface area contributed by atoms with E-state index in [4.69, 9.17) is 18.5 Å². The second-order valence-electron chi connectivity index (χ2n) is 5.88. The lowest BCUT2D eigenvalue weighted by atomic mass is 9.96. The van der Waals surface area contributed by atoms with Crippen molar-refractivity contribution >= 4 is 37.8 Å². The van der Waals surface area contributed by atoms with E-state index in [1.54, 1.807) is 44.2 Å². The Hall–Kier alpha value is -2.28. The van der Waals surface area contributed by atoms with E-state index in [1.165, 1.54) is 14.2 Å². The molecule has 0 unspecified atom stereocenters. The van der Waals surface area contributed by atoms with Gasteiger partial charge >= 0.3 is 7.60 Å². The maximum Gasteiger partial charge on any atom is 0.363 e. The van der Waals surface area contributed by atoms with Crippen LogP contribution in [0.25, 0.3) is 0 Å². The summed E-state index contributed by atoms with van der Waals surface area (Å²) in [6.45, 7) is 3.91. The van der Waals surface area contributed by atoms with Gasteiger partial charge in [0.25, 0.3) is 5.91 Å². The van der Waals surface area contributed by atoms with Gasteiger partial charge in [-0.1, -0.05) is 17.6 Å². The fourth-order valence-electron chi connectivity index (χ4n) is 2.66. The maximum atomic E-state index is 13.3. The van der Waals surface area contributed by atoms with E-state index in [1.807, 2.05) is 13.9 Å². The maximum absolute atomic E-state index is 13.3. The van der Waals surface area contributed by atoms with Crippen molar-refractivity contribution in [2.75, 3.05) is 32.8 Å². The van der Waals surface area contributed by atoms with Crippen LogP contribution < -0.4 is 25.6 Å². The van der Waals surface area contributed by atoms with Gasteiger partial charge in [0.05, 0.1) is 38.4 Å². The van der Waals surface area contributed by atoms with Crippen molar-refractivity contribution in [3.63, 3.8) is 0 Å². The first kappa shape index (κ1) is 22.0. The van der Waals surface area contributed by atoms with Gasteiger partial charge in [-0.15, -0.1) is 0 Å². The molecule has 0 atom stereocenters. The average Bonchev–Trinajstić information content (AvgIpc) is 2.69. The summed E-state index contributed by atoms with van der Waals surface area (Å²) in [5, 5.41) is 3.12. The summed E-state index contributed by atoms with van der Waals surface area (Å²) in [4.78, 5) is 12.8. The van der Waals surface area contributed by atoms with Gasteiger partial charge in [-0.25, -0.2) is 0 Å². The minimum Gasteiger partial charge on any atom is -0.493 e. The van der Waals surface area contributed by atoms with Crippen LogP contribution in [0, 0.1) is 0 Å². The van der Waals surface area contributed by atoms with Crippen LogP contribution in [0.15, 0.2) is 36.4 Å². The molecule has 0 saturated carbocycles. The number of methoxy groups -OCH3 is 2. The number of benzene rings is 2. The molecule has 28 heavy (non-hydrogen) atoms. The number of ether oxygens (including phenoxy) is 2. The molecule has 0 spiro atoms. The molecule has 1 N–H and O–H groups in total. The third-order valence-electron chi connectivity index (χ3n) is 3.94. The van der Waals surface area contributed by atoms with Crippen LogP contribution in [0.5, 0.6) is 11.5 Å². The predicted molar refractivity (Wildman–Crippen MR) is 113 cm³/mol. The topological polar surface area (TPSA) is 83.1 Å². The lowest BCUT2D eigenvalue weighted by Crippen LogP contribution is -2.23. The molecule has 2 aromatic rings. The Bertz CT molecular complexity index is 879. The van der Waals surface area contributed by atoms with Gasteiger partial charge in [-0.05, 0) is 38.1 Å². The number of nitrogens with one attached hydrogen (secondary N) is 1. The molecule has 1 amide bonds. The molecule has 0 bridgehead atoms. The number of rotatable bonds is 9. The molecule has 7 nitrogen and oxygen atoms in total. The summed E-state index contributed by atoms with van der Waals surface area (Å²) < 4.78 is 34.6. The Morgan fingerprint density at radius 1 is 1.00 bits per heavy atom. The van der Waals surface area contributed by atoms with Gasteiger partial charge in [0.15, 0.2) is 11.5 Å². The van der Waals surface area contributed by atoms with E-state index in [0.29, 0.717) is 28.1 Å². The zero-order valence-corrected chi connectivity index (χ0v) is 17.7. The van der Waals surface area contributed by atoms with E-state index in [2.05, 4.69) is 5.32 Å². The van der Waals surface area contributed by atoms with Gasteiger partial charge < -0.3 is 23.8 Å². The quantitative estimate of drug-likeness (QED) is 0.508. The predicted octanol–water partition coefficient (Wildman–Crippen LogP) is 2.11. The smallest absolute Gasteiger partial charge is 0.363 e. The van der Waals surface area contributed by atoms with Crippen molar-refractivity contribution in [2.24, 2.45) is 0 Å². The first-order valence-electron chi connectivity index (χ1n) is 8.92. The third-order valence-corrected chi connectivity index (χ3v) is 6.10. The van der Waals surface area contributed by atoms with Crippen LogP contribution in [-0.2, 0) is 13.6 Å². The summed E-state index contributed by atoms with van der Waals surface area (Å²) in [6, 6.07) is 10.1. The van der Waals surface area contributed by atoms with E-state index < -0.39 is 7.60 Å². The Morgan fingerprint density at radius 2 is 1.64 bits per heavy atom. The first-order valence-corrected chi connectivity index (χ1v) is 10.5. The summed E-state index contributed by atoms with van der Waals surface area (Å²) in [6.07, 6.45) is 0. The summed E-state index contributed by atoms with van der Waals surface area (Å²) >= 11 is 0. The normalized spacial score (nSPS) is 11.1. The lowest BCUT2D eigenvalue weighted by molar-refractivity contribution is 0.102. The Morgan fingerprint density at radius 3 is 2.21 bits per heavy atom. The molecular weight excluding hydrogens is 380 g/mol. The summed E-state index contributed by atoms with van der Waals surface area (Å²) in [7, 11) is 1.32. The van der Waals surface area contributed by atoms with Crippen molar-refractivity contribution in [3.05, 3.63) is 42.0 Å². The molecule has 2 aromatic carbocycles. The van der Waals surface area contributed by atoms with Crippen LogP contribution in [0.1, 0.15) is 24.2 Å². The molecule has 0 fully saturated rings. The van der Waals surface area contributed by atoms with Crippen LogP contribution in [0.4, 0.5) is 5.69 Å². The first-order chi connectivity index (χ1) is 13.4. The highest BCUT2D eigenvalue weighted by Crippen LogP contribution is 2.48. The fourth-order valence-corrected chi connectivity index (χ4v) is 4.48. The molecule has 0 heterocycles. The SMILES string of the molecule is Bc1ccc(NC(=O)c2ccc(OC)c(OC)c2)c(P(=O)(OCC)OCC)c1. The number of amides is 1. The van der Waals surface area contributed by atoms with Gasteiger partial charge in [0, 0.05) is 5.56 Å². The molecule has 150 valence electrons. The highest BCUT2D eigenvalue weighted by Gasteiger charge is 2.30. The number of carbonyl (C=O) groups excluding carboxylic acids is 1. The van der Waals surface area contributed by atoms with E-state index in [9.17, 15) is 9.36 Å². The van der Waals surface area contributed by atoms with Gasteiger partial charge in [-0.2, -0.15) is 0 Å². The minimum absolute atomic E-state index is 0.217. The number of carbonyl (C=O) groups is 1. The average molecular weight is 405 g/mol. The molecule has 0 aliphatic heterocycles. The second kappa shape index (κ2) is 9.78. The van der Waals surface area contributed by atoms with E-state index in [-0.39, 0.29) is 19.1 Å². The summed E-state index contributed by atoms with van der Waals surface area (Å²) in [5.41, 5.74) is 1.61. The van der Waals surface area contributed by atoms with Gasteiger partial charge in [0.2, 0.25) is 0 Å². The summed E-state index contributed by atoms with van der Waals surface area (Å²) in [5.74, 6) is 0.575. The highest BCUT2D eigenvalue weighted by atomic mass is 31.2. The number of hydrogen-bond acceptors (Lipinski definition) is 6. The molecule has 0 aliphatic carbocycles. The van der Waals surface area contributed by atoms with Crippen LogP contribution in [0.3, 0.4) is 0 Å². The van der Waals surface area contributed by atoms with Crippen molar-refractivity contribution in [1.82, 2.24) is 0 Å². The molecule has 9 heteroatoms. The van der Waals surface area contributed by atoms with Crippen molar-refractivity contribution in [2.45, 2.75) is 13.8 Å². The van der Waals surface area contributed by atoms with Crippen LogP contribution in [-0.4, -0.2) is 41.2 Å². The molecule has 0 saturated heterocycles. The van der Waals surface area contributed by atoms with Gasteiger partial charge in [0.1, 0.15) is 7.85 Å². The van der Waals surface area contributed by atoms with Crippen molar-refractivity contribution in [1.29, 1.82) is 0 Å². The second-order valence-corrected chi connectivity index (χ2v) is 7.87. The molecule has 2 rings (SSSR count). The lowest BCUT2D eigenvalue weighted by Gasteiger charge is -2.21. The Balaban J connectivity index is 2.41. The zero-order valence-electron chi connectivity index (χ0n) is 16.8. The molecular formula is C19H25BNO6P. The molecule has 0 aromatic heterocycles. The van der Waals surface area contributed by atoms with Crippen LogP contribution in [0.2, 0.25) is 0 Å². The number of anilines is 1.